The van der Waals surface area contributed by atoms with Gasteiger partial charge in [0.2, 0.25) is 5.91 Å². The maximum Gasteiger partial charge on any atom is 0.254 e. The summed E-state index contributed by atoms with van der Waals surface area (Å²) in [6, 6.07) is 19.3. The van der Waals surface area contributed by atoms with Gasteiger partial charge >= 0.3 is 0 Å². The molecule has 0 radical (unpaired) electrons. The van der Waals surface area contributed by atoms with Crippen LogP contribution in [-0.2, 0) is 9.53 Å². The molecule has 41 heavy (non-hydrogen) atoms. The average Bonchev–Trinajstić information content (AvgIpc) is 3.03. The lowest BCUT2D eigenvalue weighted by Gasteiger charge is -2.36. The summed E-state index contributed by atoms with van der Waals surface area (Å²) in [5.74, 6) is 1.19. The van der Waals surface area contributed by atoms with Gasteiger partial charge in [-0.05, 0) is 37.3 Å². The fourth-order valence-electron chi connectivity index (χ4n) is 5.10. The van der Waals surface area contributed by atoms with Gasteiger partial charge in [-0.25, -0.2) is 0 Å². The highest BCUT2D eigenvalue weighted by Crippen LogP contribution is 2.20. The van der Waals surface area contributed by atoms with E-state index in [-0.39, 0.29) is 18.4 Å². The number of anilines is 1. The summed E-state index contributed by atoms with van der Waals surface area (Å²) in [6.45, 7) is 8.70. The lowest BCUT2D eigenvalue weighted by Crippen LogP contribution is -2.53. The number of benzene rings is 2. The van der Waals surface area contributed by atoms with Crippen LogP contribution in [0.3, 0.4) is 0 Å². The van der Waals surface area contributed by atoms with E-state index in [1.54, 1.807) is 36.3 Å². The molecule has 2 aromatic carbocycles. The quantitative estimate of drug-likeness (QED) is 0.396. The maximum atomic E-state index is 13.5. The van der Waals surface area contributed by atoms with Gasteiger partial charge in [-0.15, -0.1) is 10.2 Å². The number of methoxy groups -OCH3 is 1. The number of carbonyl (C=O) groups is 2. The van der Waals surface area contributed by atoms with Crippen molar-refractivity contribution in [2.75, 3.05) is 84.1 Å². The van der Waals surface area contributed by atoms with E-state index in [9.17, 15) is 9.59 Å². The van der Waals surface area contributed by atoms with Crippen LogP contribution in [0.2, 0.25) is 0 Å². The summed E-state index contributed by atoms with van der Waals surface area (Å²) in [5, 5.41) is 8.88. The Bertz CT molecular complexity index is 1300. The van der Waals surface area contributed by atoms with Gasteiger partial charge in [0.1, 0.15) is 12.3 Å². The predicted octanol–water partition coefficient (Wildman–Crippen LogP) is 2.58. The molecule has 10 nitrogen and oxygen atoms in total. The van der Waals surface area contributed by atoms with Gasteiger partial charge in [0.25, 0.3) is 5.91 Å². The van der Waals surface area contributed by atoms with Gasteiger partial charge in [-0.2, -0.15) is 0 Å². The number of morpholine rings is 1. The third-order valence-electron chi connectivity index (χ3n) is 7.67. The fraction of sp³-hybridized carbons (Fsp3) is 0.419. The third kappa shape index (κ3) is 7.39. The summed E-state index contributed by atoms with van der Waals surface area (Å²) >= 11 is 0. The van der Waals surface area contributed by atoms with Crippen molar-refractivity contribution < 1.29 is 19.1 Å². The highest BCUT2D eigenvalue weighted by Gasteiger charge is 2.27. The van der Waals surface area contributed by atoms with E-state index >= 15 is 0 Å². The smallest absolute Gasteiger partial charge is 0.254 e. The number of rotatable bonds is 9. The molecule has 3 aromatic rings. The van der Waals surface area contributed by atoms with E-state index in [0.29, 0.717) is 63.8 Å². The lowest BCUT2D eigenvalue weighted by atomic mass is 10.1. The number of piperazine rings is 1. The zero-order valence-electron chi connectivity index (χ0n) is 23.9. The van der Waals surface area contributed by atoms with E-state index in [1.165, 1.54) is 5.56 Å². The first kappa shape index (κ1) is 28.5. The Labute approximate surface area is 241 Å². The highest BCUT2D eigenvalue weighted by atomic mass is 16.5. The molecule has 2 amide bonds. The Morgan fingerprint density at radius 2 is 1.68 bits per heavy atom. The van der Waals surface area contributed by atoms with Crippen LogP contribution in [0.5, 0.6) is 5.75 Å². The summed E-state index contributed by atoms with van der Waals surface area (Å²) < 4.78 is 10.8. The number of aryl methyl sites for hydroxylation is 1. The van der Waals surface area contributed by atoms with Gasteiger partial charge in [0.05, 0.1) is 26.0 Å². The second-order valence-corrected chi connectivity index (χ2v) is 10.4. The molecule has 2 fully saturated rings. The predicted molar refractivity (Wildman–Crippen MR) is 157 cm³/mol. The van der Waals surface area contributed by atoms with Crippen molar-refractivity contribution in [2.24, 2.45) is 0 Å². The van der Waals surface area contributed by atoms with Gasteiger partial charge in [0.15, 0.2) is 5.82 Å². The molecule has 0 N–H and O–H groups in total. The van der Waals surface area contributed by atoms with Gasteiger partial charge < -0.3 is 24.2 Å². The summed E-state index contributed by atoms with van der Waals surface area (Å²) in [6.07, 6.45) is 0. The Balaban J connectivity index is 1.19. The molecule has 0 bridgehead atoms. The monoisotopic (exact) mass is 558 g/mol. The summed E-state index contributed by atoms with van der Waals surface area (Å²) in [7, 11) is 1.58. The molecule has 5 rings (SSSR count). The number of nitrogens with zero attached hydrogens (tertiary/aromatic N) is 6. The topological polar surface area (TPSA) is 91.3 Å². The van der Waals surface area contributed by atoms with Crippen molar-refractivity contribution in [3.05, 3.63) is 71.8 Å². The zero-order chi connectivity index (χ0) is 28.6. The Hall–Kier alpha value is -4.02. The van der Waals surface area contributed by atoms with Crippen LogP contribution >= 0.6 is 0 Å². The third-order valence-corrected chi connectivity index (χ3v) is 7.67. The first-order valence-corrected chi connectivity index (χ1v) is 14.2. The molecule has 0 saturated carbocycles. The van der Waals surface area contributed by atoms with Crippen molar-refractivity contribution in [1.29, 1.82) is 0 Å². The SMILES string of the molecule is COc1cccc(C(=O)N(CCN2CCOCC2)CC(=O)N2CCN(c3ccc(-c4ccc(C)cc4)nn3)CC2)c1. The van der Waals surface area contributed by atoms with Crippen molar-refractivity contribution >= 4 is 17.6 Å². The number of hydrogen-bond donors (Lipinski definition) is 0. The molecule has 10 heteroatoms. The first-order chi connectivity index (χ1) is 20.0. The maximum absolute atomic E-state index is 13.5. The standard InChI is InChI=1S/C31H38N6O4/c1-24-6-8-25(9-7-24)28-10-11-29(33-32-28)35-14-16-36(17-15-35)30(38)23-37(13-12-34-18-20-41-21-19-34)31(39)26-4-3-5-27(22-26)40-2/h3-11,22H,12-21,23H2,1-2H3. The molecular weight excluding hydrogens is 520 g/mol. The number of amides is 2. The van der Waals surface area contributed by atoms with Crippen molar-refractivity contribution in [3.8, 4) is 17.0 Å². The van der Waals surface area contributed by atoms with E-state index in [2.05, 4.69) is 39.1 Å². The van der Waals surface area contributed by atoms with Gasteiger partial charge in [0, 0.05) is 63.5 Å². The number of carbonyl (C=O) groups excluding carboxylic acids is 2. The van der Waals surface area contributed by atoms with E-state index < -0.39 is 0 Å². The lowest BCUT2D eigenvalue weighted by molar-refractivity contribution is -0.132. The summed E-state index contributed by atoms with van der Waals surface area (Å²) in [4.78, 5) is 34.8. The van der Waals surface area contributed by atoms with Crippen molar-refractivity contribution in [1.82, 2.24) is 24.9 Å². The average molecular weight is 559 g/mol. The van der Waals surface area contributed by atoms with Crippen LogP contribution in [-0.4, -0.2) is 116 Å². The zero-order valence-corrected chi connectivity index (χ0v) is 23.9. The van der Waals surface area contributed by atoms with Crippen LogP contribution in [0.1, 0.15) is 15.9 Å². The normalized spacial score (nSPS) is 16.0. The van der Waals surface area contributed by atoms with Crippen LogP contribution in [0, 0.1) is 6.92 Å². The molecule has 0 aliphatic carbocycles. The van der Waals surface area contributed by atoms with Crippen LogP contribution in [0.25, 0.3) is 11.3 Å². The second-order valence-electron chi connectivity index (χ2n) is 10.4. The largest absolute Gasteiger partial charge is 0.497 e. The molecular formula is C31H38N6O4. The fourth-order valence-corrected chi connectivity index (χ4v) is 5.10. The molecule has 2 aliphatic heterocycles. The van der Waals surface area contributed by atoms with E-state index in [1.807, 2.05) is 29.2 Å². The van der Waals surface area contributed by atoms with Crippen LogP contribution in [0.15, 0.2) is 60.7 Å². The van der Waals surface area contributed by atoms with Gasteiger partial charge in [-0.1, -0.05) is 35.9 Å². The van der Waals surface area contributed by atoms with Gasteiger partial charge in [-0.3, -0.25) is 14.5 Å². The molecule has 0 atom stereocenters. The minimum Gasteiger partial charge on any atom is -0.497 e. The Kier molecular flexibility index (Phi) is 9.43. The molecule has 0 spiro atoms. The molecule has 0 unspecified atom stereocenters. The van der Waals surface area contributed by atoms with E-state index in [4.69, 9.17) is 9.47 Å². The van der Waals surface area contributed by atoms with Crippen molar-refractivity contribution in [3.63, 3.8) is 0 Å². The summed E-state index contributed by atoms with van der Waals surface area (Å²) in [5.41, 5.74) is 3.58. The first-order valence-electron chi connectivity index (χ1n) is 14.2. The Morgan fingerprint density at radius 3 is 2.37 bits per heavy atom. The van der Waals surface area contributed by atoms with Crippen molar-refractivity contribution in [2.45, 2.75) is 6.92 Å². The Morgan fingerprint density at radius 1 is 0.927 bits per heavy atom. The highest BCUT2D eigenvalue weighted by molar-refractivity contribution is 5.97. The van der Waals surface area contributed by atoms with Crippen LogP contribution in [0.4, 0.5) is 5.82 Å². The number of hydrogen-bond acceptors (Lipinski definition) is 8. The number of ether oxygens (including phenoxy) is 2. The minimum atomic E-state index is -0.173. The molecule has 2 saturated heterocycles. The molecule has 216 valence electrons. The molecule has 1 aromatic heterocycles. The number of aromatic nitrogens is 2. The van der Waals surface area contributed by atoms with Crippen LogP contribution < -0.4 is 9.64 Å². The second kappa shape index (κ2) is 13.6. The van der Waals surface area contributed by atoms with E-state index in [0.717, 1.165) is 30.2 Å². The molecule has 3 heterocycles. The minimum absolute atomic E-state index is 0.0332. The molecule has 2 aliphatic rings.